The van der Waals surface area contributed by atoms with Crippen molar-refractivity contribution in [1.82, 2.24) is 9.47 Å². The fourth-order valence-corrected chi connectivity index (χ4v) is 5.67. The maximum atomic E-state index is 13.6. The number of aromatic nitrogens is 1. The number of hydrogen-bond donors (Lipinski definition) is 1. The predicted molar refractivity (Wildman–Crippen MR) is 131 cm³/mol. The number of piperidine rings is 1. The average Bonchev–Trinajstić information content (AvgIpc) is 3.50. The van der Waals surface area contributed by atoms with Crippen LogP contribution in [0.5, 0.6) is 5.75 Å². The number of aryl methyl sites for hydroxylation is 1. The summed E-state index contributed by atoms with van der Waals surface area (Å²) in [6, 6.07) is 14.8. The van der Waals surface area contributed by atoms with Crippen molar-refractivity contribution in [3.63, 3.8) is 0 Å². The molecule has 1 saturated carbocycles. The zero-order valence-electron chi connectivity index (χ0n) is 19.9. The number of carbonyl (C=O) groups excluding carboxylic acids is 2. The second-order valence-electron chi connectivity index (χ2n) is 9.78. The summed E-state index contributed by atoms with van der Waals surface area (Å²) in [7, 11) is 2.00. The van der Waals surface area contributed by atoms with Crippen LogP contribution in [0.2, 0.25) is 0 Å². The molecular formula is C28H30N2O5. The molecule has 7 nitrogen and oxygen atoms in total. The third-order valence-electron chi connectivity index (χ3n) is 7.70. The van der Waals surface area contributed by atoms with Gasteiger partial charge in [0, 0.05) is 42.8 Å². The van der Waals surface area contributed by atoms with Gasteiger partial charge in [-0.15, -0.1) is 0 Å². The van der Waals surface area contributed by atoms with Gasteiger partial charge < -0.3 is 19.3 Å². The molecule has 0 unspecified atom stereocenters. The van der Waals surface area contributed by atoms with E-state index in [1.54, 1.807) is 29.2 Å². The summed E-state index contributed by atoms with van der Waals surface area (Å²) in [5.41, 5.74) is 1.94. The van der Waals surface area contributed by atoms with Gasteiger partial charge in [-0.2, -0.15) is 0 Å². The summed E-state index contributed by atoms with van der Waals surface area (Å²) < 4.78 is 7.96. The number of benzene rings is 2. The van der Waals surface area contributed by atoms with Gasteiger partial charge in [0.15, 0.2) is 0 Å². The first kappa shape index (κ1) is 23.1. The van der Waals surface area contributed by atoms with Crippen LogP contribution in [0.4, 0.5) is 0 Å². The molecule has 0 atom stereocenters. The number of nitrogens with zero attached hydrogens (tertiary/aromatic N) is 2. The normalized spacial score (nSPS) is 18.0. The molecule has 2 heterocycles. The molecule has 2 fully saturated rings. The van der Waals surface area contributed by atoms with Gasteiger partial charge in [-0.1, -0.05) is 31.0 Å². The minimum Gasteiger partial charge on any atom is -0.481 e. The highest BCUT2D eigenvalue weighted by Crippen LogP contribution is 2.45. The van der Waals surface area contributed by atoms with Gasteiger partial charge in [0.1, 0.15) is 5.75 Å². The number of ether oxygens (including phenoxy) is 1. The average molecular weight is 475 g/mol. The van der Waals surface area contributed by atoms with Gasteiger partial charge >= 0.3 is 11.9 Å². The molecule has 1 aliphatic carbocycles. The predicted octanol–water partition coefficient (Wildman–Crippen LogP) is 4.53. The number of esters is 1. The number of rotatable bonds is 5. The van der Waals surface area contributed by atoms with E-state index in [2.05, 4.69) is 22.9 Å². The summed E-state index contributed by atoms with van der Waals surface area (Å²) in [4.78, 5) is 39.3. The lowest BCUT2D eigenvalue weighted by Gasteiger charge is -2.30. The van der Waals surface area contributed by atoms with Crippen molar-refractivity contribution in [1.29, 1.82) is 0 Å². The Morgan fingerprint density at radius 3 is 2.29 bits per heavy atom. The summed E-state index contributed by atoms with van der Waals surface area (Å²) in [6.07, 6.45) is 6.45. The molecule has 1 amide bonds. The van der Waals surface area contributed by atoms with Crippen LogP contribution in [0.3, 0.4) is 0 Å². The Hall–Kier alpha value is -3.61. The quantitative estimate of drug-likeness (QED) is 0.433. The molecule has 1 saturated heterocycles. The second-order valence-corrected chi connectivity index (χ2v) is 9.78. The van der Waals surface area contributed by atoms with E-state index in [1.165, 1.54) is 0 Å². The highest BCUT2D eigenvalue weighted by molar-refractivity contribution is 5.96. The van der Waals surface area contributed by atoms with Crippen LogP contribution in [-0.4, -0.2) is 45.5 Å². The number of carboxylic acids is 1. The molecule has 5 rings (SSSR count). The maximum Gasteiger partial charge on any atom is 0.322 e. The third-order valence-corrected chi connectivity index (χ3v) is 7.70. The fraction of sp³-hybridized carbons (Fsp3) is 0.393. The topological polar surface area (TPSA) is 88.8 Å². The Labute approximate surface area is 204 Å². The minimum atomic E-state index is -0.799. The Morgan fingerprint density at radius 1 is 0.971 bits per heavy atom. The summed E-state index contributed by atoms with van der Waals surface area (Å²) in [6.45, 7) is 0.861. The van der Waals surface area contributed by atoms with Crippen molar-refractivity contribution < 1.29 is 24.2 Å². The molecule has 3 aromatic rings. The Morgan fingerprint density at radius 2 is 1.63 bits per heavy atom. The summed E-state index contributed by atoms with van der Waals surface area (Å²) >= 11 is 0. The summed E-state index contributed by atoms with van der Waals surface area (Å²) in [5, 5.41) is 10.2. The smallest absolute Gasteiger partial charge is 0.322 e. The van der Waals surface area contributed by atoms with Crippen LogP contribution in [0.1, 0.15) is 54.4 Å². The Kier molecular flexibility index (Phi) is 6.09. The molecule has 0 spiro atoms. The zero-order chi connectivity index (χ0) is 24.6. The van der Waals surface area contributed by atoms with E-state index >= 15 is 0 Å². The van der Waals surface area contributed by atoms with Crippen LogP contribution >= 0.6 is 0 Å². The Balaban J connectivity index is 1.32. The van der Waals surface area contributed by atoms with Gasteiger partial charge in [0.2, 0.25) is 0 Å². The molecule has 2 aliphatic rings. The molecule has 1 N–H and O–H groups in total. The summed E-state index contributed by atoms with van der Waals surface area (Å²) in [5.74, 6) is -1.14. The highest BCUT2D eigenvalue weighted by atomic mass is 16.5. The SMILES string of the molecule is Cn1cc(C2(C(=O)Oc3ccc(C(=O)N4CCC(C(=O)O)CC4)cc3)CCCC2)c2ccccc21. The number of carboxylic acid groups (broad SMARTS) is 1. The first-order chi connectivity index (χ1) is 16.9. The second kappa shape index (κ2) is 9.21. The number of likely N-dealkylation sites (tertiary alicyclic amines) is 1. The van der Waals surface area contributed by atoms with Crippen LogP contribution in [0, 0.1) is 5.92 Å². The van der Waals surface area contributed by atoms with Crippen LogP contribution in [0.25, 0.3) is 10.9 Å². The monoisotopic (exact) mass is 474 g/mol. The van der Waals surface area contributed by atoms with E-state index in [9.17, 15) is 14.4 Å². The minimum absolute atomic E-state index is 0.130. The lowest BCUT2D eigenvalue weighted by molar-refractivity contribution is -0.143. The van der Waals surface area contributed by atoms with Crippen molar-refractivity contribution in [2.75, 3.05) is 13.1 Å². The number of fused-ring (bicyclic) bond motifs is 1. The van der Waals surface area contributed by atoms with Gasteiger partial charge in [0.05, 0.1) is 11.3 Å². The number of aliphatic carboxylic acids is 1. The van der Waals surface area contributed by atoms with Crippen molar-refractivity contribution in [2.45, 2.75) is 43.9 Å². The van der Waals surface area contributed by atoms with Crippen LogP contribution in [-0.2, 0) is 22.1 Å². The number of para-hydroxylation sites is 1. The van der Waals surface area contributed by atoms with E-state index in [4.69, 9.17) is 9.84 Å². The largest absolute Gasteiger partial charge is 0.481 e. The number of hydrogen-bond acceptors (Lipinski definition) is 4. The van der Waals surface area contributed by atoms with E-state index in [1.807, 2.05) is 19.2 Å². The van der Waals surface area contributed by atoms with E-state index in [-0.39, 0.29) is 17.8 Å². The van der Waals surface area contributed by atoms with E-state index in [0.717, 1.165) is 42.1 Å². The lowest BCUT2D eigenvalue weighted by Crippen LogP contribution is -2.40. The number of amides is 1. The zero-order valence-corrected chi connectivity index (χ0v) is 19.9. The van der Waals surface area contributed by atoms with Crippen molar-refractivity contribution in [2.24, 2.45) is 13.0 Å². The molecule has 1 aliphatic heterocycles. The van der Waals surface area contributed by atoms with Gasteiger partial charge in [-0.3, -0.25) is 14.4 Å². The fourth-order valence-electron chi connectivity index (χ4n) is 5.67. The van der Waals surface area contributed by atoms with Gasteiger partial charge in [0.25, 0.3) is 5.91 Å². The first-order valence-electron chi connectivity index (χ1n) is 12.3. The molecule has 35 heavy (non-hydrogen) atoms. The third kappa shape index (κ3) is 4.20. The van der Waals surface area contributed by atoms with Crippen LogP contribution in [0.15, 0.2) is 54.7 Å². The van der Waals surface area contributed by atoms with E-state index < -0.39 is 11.4 Å². The molecule has 182 valence electrons. The molecule has 7 heteroatoms. The molecule has 0 bridgehead atoms. The van der Waals surface area contributed by atoms with Gasteiger partial charge in [-0.05, 0) is 61.6 Å². The van der Waals surface area contributed by atoms with Crippen molar-refractivity contribution in [3.05, 3.63) is 65.9 Å². The van der Waals surface area contributed by atoms with Crippen LogP contribution < -0.4 is 4.74 Å². The first-order valence-corrected chi connectivity index (χ1v) is 12.3. The standard InChI is InChI=1S/C28H30N2O5/c1-29-18-23(22-6-2-3-7-24(22)29)28(14-4-5-15-28)27(34)35-21-10-8-19(9-11-21)25(31)30-16-12-20(13-17-30)26(32)33/h2-3,6-11,18,20H,4-5,12-17H2,1H3,(H,32,33). The molecule has 1 aromatic heterocycles. The van der Waals surface area contributed by atoms with Crippen molar-refractivity contribution >= 4 is 28.7 Å². The molecule has 2 aromatic carbocycles. The van der Waals surface area contributed by atoms with Crippen molar-refractivity contribution in [3.8, 4) is 5.75 Å². The highest BCUT2D eigenvalue weighted by Gasteiger charge is 2.46. The van der Waals surface area contributed by atoms with E-state index in [0.29, 0.717) is 37.2 Å². The maximum absolute atomic E-state index is 13.6. The lowest BCUT2D eigenvalue weighted by atomic mass is 9.78. The molecular weight excluding hydrogens is 444 g/mol. The number of carbonyl (C=O) groups is 3. The molecule has 0 radical (unpaired) electrons. The van der Waals surface area contributed by atoms with Gasteiger partial charge in [-0.25, -0.2) is 0 Å². The Bertz CT molecular complexity index is 1260.